The van der Waals surface area contributed by atoms with Gasteiger partial charge in [0.25, 0.3) is 0 Å². The molecule has 0 bridgehead atoms. The summed E-state index contributed by atoms with van der Waals surface area (Å²) in [5.74, 6) is -50.5. The van der Waals surface area contributed by atoms with Gasteiger partial charge in [0, 0.05) is 19.8 Å². The monoisotopic (exact) mass is 624 g/mol. The molecule has 0 radical (unpaired) electrons. The number of alkyl halides is 17. The zero-order valence-electron chi connectivity index (χ0n) is 19.4. The van der Waals surface area contributed by atoms with E-state index in [1.807, 2.05) is 0 Å². The van der Waals surface area contributed by atoms with Crippen molar-refractivity contribution in [3.63, 3.8) is 0 Å². The topological polar surface area (TPSA) is 27.7 Å². The fourth-order valence-electron chi connectivity index (χ4n) is 2.46. The molecular weight excluding hydrogens is 603 g/mol. The molecule has 0 aliphatic heterocycles. The van der Waals surface area contributed by atoms with Gasteiger partial charge in [-0.2, -0.15) is 74.6 Å². The van der Waals surface area contributed by atoms with Crippen molar-refractivity contribution in [1.82, 2.24) is 0 Å². The summed E-state index contributed by atoms with van der Waals surface area (Å²) in [6.45, 7) is 0.169. The molecule has 0 N–H and O–H groups in total. The molecule has 0 aromatic heterocycles. The third-order valence-electron chi connectivity index (χ3n) is 4.60. The Labute approximate surface area is 204 Å². The molecule has 0 unspecified atom stereocenters. The van der Waals surface area contributed by atoms with E-state index in [0.29, 0.717) is 0 Å². The van der Waals surface area contributed by atoms with E-state index in [1.54, 1.807) is 0 Å². The highest BCUT2D eigenvalue weighted by Crippen LogP contribution is 2.64. The third-order valence-corrected chi connectivity index (χ3v) is 7.43. The molecule has 0 aliphatic carbocycles. The predicted octanol–water partition coefficient (Wildman–Crippen LogP) is 7.75. The van der Waals surface area contributed by atoms with Gasteiger partial charge in [0.05, 0.1) is 0 Å². The molecule has 38 heavy (non-hydrogen) atoms. The van der Waals surface area contributed by atoms with E-state index in [2.05, 4.69) is 13.3 Å². The quantitative estimate of drug-likeness (QED) is 0.130. The van der Waals surface area contributed by atoms with Crippen LogP contribution in [0.25, 0.3) is 0 Å². The Kier molecular flexibility index (Phi) is 11.1. The standard InChI is InChI=1S/C17H21F17O3Si/c1-4-7-35-38(36-8-5-2,37-9-6-3)17(33,34)15(28,29)13(24,25)11(20,21)10(18,19)12(22,23)14(26,27)16(30,31)32/h4-9H2,1-3H3. The second-order valence-electron chi connectivity index (χ2n) is 7.62. The van der Waals surface area contributed by atoms with Crippen LogP contribution in [0, 0.1) is 0 Å². The van der Waals surface area contributed by atoms with Crippen LogP contribution in [0.4, 0.5) is 74.6 Å². The average molecular weight is 624 g/mol. The van der Waals surface area contributed by atoms with Crippen LogP contribution in [-0.4, -0.2) is 75.9 Å². The van der Waals surface area contributed by atoms with Gasteiger partial charge in [-0.25, -0.2) is 0 Å². The van der Waals surface area contributed by atoms with Gasteiger partial charge in [0.2, 0.25) is 0 Å². The maximum Gasteiger partial charge on any atom is 0.582 e. The van der Waals surface area contributed by atoms with Gasteiger partial charge in [-0.3, -0.25) is 0 Å². The summed E-state index contributed by atoms with van der Waals surface area (Å²) < 4.78 is 245. The fourth-order valence-corrected chi connectivity index (χ4v) is 5.22. The van der Waals surface area contributed by atoms with Gasteiger partial charge >= 0.3 is 56.1 Å². The highest BCUT2D eigenvalue weighted by Gasteiger charge is 2.97. The zero-order chi connectivity index (χ0) is 30.9. The first kappa shape index (κ1) is 36.9. The molecule has 0 saturated carbocycles. The van der Waals surface area contributed by atoms with E-state index in [-0.39, 0.29) is 19.3 Å². The normalized spacial score (nSPS) is 15.8. The minimum atomic E-state index is -8.70. The van der Waals surface area contributed by atoms with Crippen LogP contribution in [0.1, 0.15) is 40.0 Å². The van der Waals surface area contributed by atoms with Gasteiger partial charge in [0.1, 0.15) is 0 Å². The van der Waals surface area contributed by atoms with Gasteiger partial charge in [-0.05, 0) is 19.3 Å². The molecule has 230 valence electrons. The summed E-state index contributed by atoms with van der Waals surface area (Å²) in [4.78, 5) is 0. The molecule has 0 heterocycles. The van der Waals surface area contributed by atoms with Crippen molar-refractivity contribution in [1.29, 1.82) is 0 Å². The van der Waals surface area contributed by atoms with Crippen LogP contribution in [0.2, 0.25) is 0 Å². The summed E-state index contributed by atoms with van der Waals surface area (Å²) in [6, 6.07) is 0. The average Bonchev–Trinajstić information content (AvgIpc) is 2.76. The summed E-state index contributed by atoms with van der Waals surface area (Å²) in [5.41, 5.74) is -6.87. The van der Waals surface area contributed by atoms with Gasteiger partial charge in [-0.1, -0.05) is 20.8 Å². The molecule has 0 saturated heterocycles. The summed E-state index contributed by atoms with van der Waals surface area (Å²) in [5, 5.41) is 0. The van der Waals surface area contributed by atoms with Crippen molar-refractivity contribution in [2.45, 2.75) is 87.3 Å². The SMILES string of the molecule is CCCO[Si](OCCC)(OCCC)C(F)(F)C(F)(F)C(F)(F)C(F)(F)C(F)(F)C(F)(F)C(F)(F)C(F)(F)F. The number of hydrogen-bond donors (Lipinski definition) is 0. The molecule has 0 rings (SSSR count). The van der Waals surface area contributed by atoms with E-state index in [4.69, 9.17) is 0 Å². The number of halogens is 17. The summed E-state index contributed by atoms with van der Waals surface area (Å²) in [6.07, 6.45) is -8.92. The molecule has 0 spiro atoms. The molecule has 0 atom stereocenters. The van der Waals surface area contributed by atoms with Crippen molar-refractivity contribution < 1.29 is 87.9 Å². The van der Waals surface area contributed by atoms with E-state index >= 15 is 0 Å². The highest BCUT2D eigenvalue weighted by molar-refractivity contribution is 6.63. The van der Waals surface area contributed by atoms with Crippen LogP contribution in [-0.2, 0) is 13.3 Å². The molecule has 0 aromatic rings. The van der Waals surface area contributed by atoms with Crippen LogP contribution in [0.3, 0.4) is 0 Å². The predicted molar refractivity (Wildman–Crippen MR) is 95.2 cm³/mol. The Hall–Kier alpha value is -1.09. The van der Waals surface area contributed by atoms with Crippen LogP contribution in [0.5, 0.6) is 0 Å². The number of rotatable bonds is 16. The smallest absolute Gasteiger partial charge is 0.370 e. The lowest BCUT2D eigenvalue weighted by Crippen LogP contribution is -2.78. The lowest BCUT2D eigenvalue weighted by atomic mass is 9.91. The summed E-state index contributed by atoms with van der Waals surface area (Å²) >= 11 is 0. The van der Waals surface area contributed by atoms with Crippen molar-refractivity contribution in [2.24, 2.45) is 0 Å². The zero-order valence-corrected chi connectivity index (χ0v) is 20.4. The minimum Gasteiger partial charge on any atom is -0.370 e. The Morgan fingerprint density at radius 2 is 0.632 bits per heavy atom. The van der Waals surface area contributed by atoms with Crippen LogP contribution >= 0.6 is 0 Å². The fraction of sp³-hybridized carbons (Fsp3) is 1.00. The largest absolute Gasteiger partial charge is 0.582 e. The van der Waals surface area contributed by atoms with E-state index in [1.165, 1.54) is 0 Å². The van der Waals surface area contributed by atoms with Crippen LogP contribution in [0.15, 0.2) is 0 Å². The van der Waals surface area contributed by atoms with Crippen molar-refractivity contribution in [2.75, 3.05) is 19.8 Å². The molecule has 3 nitrogen and oxygen atoms in total. The van der Waals surface area contributed by atoms with Crippen molar-refractivity contribution >= 4 is 8.80 Å². The lowest BCUT2D eigenvalue weighted by Gasteiger charge is -2.45. The first-order chi connectivity index (χ1) is 16.7. The lowest BCUT2D eigenvalue weighted by molar-refractivity contribution is -0.459. The Morgan fingerprint density at radius 1 is 0.395 bits per heavy atom. The second kappa shape index (κ2) is 11.4. The first-order valence-corrected chi connectivity index (χ1v) is 12.0. The third kappa shape index (κ3) is 5.44. The maximum absolute atomic E-state index is 15.0. The van der Waals surface area contributed by atoms with E-state index in [0.717, 1.165) is 20.8 Å². The van der Waals surface area contributed by atoms with Crippen LogP contribution < -0.4 is 0 Å². The van der Waals surface area contributed by atoms with Crippen molar-refractivity contribution in [3.05, 3.63) is 0 Å². The summed E-state index contributed by atoms with van der Waals surface area (Å²) in [7, 11) is -6.74. The van der Waals surface area contributed by atoms with Crippen molar-refractivity contribution in [3.8, 4) is 0 Å². The van der Waals surface area contributed by atoms with Gasteiger partial charge in [-0.15, -0.1) is 0 Å². The first-order valence-electron chi connectivity index (χ1n) is 10.3. The maximum atomic E-state index is 15.0. The molecule has 0 fully saturated rings. The van der Waals surface area contributed by atoms with E-state index in [9.17, 15) is 74.6 Å². The Morgan fingerprint density at radius 3 is 0.868 bits per heavy atom. The van der Waals surface area contributed by atoms with Gasteiger partial charge in [0.15, 0.2) is 0 Å². The Balaban J connectivity index is 7.17. The second-order valence-corrected chi connectivity index (χ2v) is 10.2. The molecule has 0 amide bonds. The Bertz CT molecular complexity index is 724. The highest BCUT2D eigenvalue weighted by atomic mass is 28.4. The number of hydrogen-bond acceptors (Lipinski definition) is 3. The molecular formula is C17H21F17O3Si. The van der Waals surface area contributed by atoms with Gasteiger partial charge < -0.3 is 13.3 Å². The molecule has 21 heteroatoms. The van der Waals surface area contributed by atoms with E-state index < -0.39 is 75.9 Å². The minimum absolute atomic E-state index is 0.370. The molecule has 0 aromatic carbocycles. The molecule has 0 aliphatic rings.